The summed E-state index contributed by atoms with van der Waals surface area (Å²) in [4.78, 5) is 2.32. The second-order valence-corrected chi connectivity index (χ2v) is 5.15. The third kappa shape index (κ3) is 6.20. The quantitative estimate of drug-likeness (QED) is 0.360. The number of nitrogens with zero attached hydrogens (tertiary/aromatic N) is 1. The smallest absolute Gasteiger partial charge is 0.0482 e. The molecule has 0 aliphatic rings. The molecule has 0 fully saturated rings. The number of alkyl halides is 1. The maximum absolute atomic E-state index is 3.41. The SMILES string of the molecule is CN(CNCCCI)C(C)(C)C. The number of rotatable bonds is 5. The van der Waals surface area contributed by atoms with Crippen molar-refractivity contribution in [3.63, 3.8) is 0 Å². The Labute approximate surface area is 90.2 Å². The molecular formula is C9H21IN2. The van der Waals surface area contributed by atoms with Gasteiger partial charge < -0.3 is 5.32 Å². The van der Waals surface area contributed by atoms with Gasteiger partial charge in [0.1, 0.15) is 0 Å². The van der Waals surface area contributed by atoms with Gasteiger partial charge in [0, 0.05) is 16.6 Å². The predicted molar refractivity (Wildman–Crippen MR) is 63.9 cm³/mol. The second kappa shape index (κ2) is 6.16. The van der Waals surface area contributed by atoms with Crippen molar-refractivity contribution in [2.24, 2.45) is 0 Å². The molecule has 0 aromatic heterocycles. The lowest BCUT2D eigenvalue weighted by atomic mass is 10.1. The number of nitrogens with one attached hydrogen (secondary N) is 1. The van der Waals surface area contributed by atoms with E-state index in [1.807, 2.05) is 0 Å². The van der Waals surface area contributed by atoms with Crippen molar-refractivity contribution in [1.82, 2.24) is 10.2 Å². The molecule has 12 heavy (non-hydrogen) atoms. The van der Waals surface area contributed by atoms with Crippen LogP contribution < -0.4 is 5.32 Å². The van der Waals surface area contributed by atoms with Crippen LogP contribution in [0.4, 0.5) is 0 Å². The van der Waals surface area contributed by atoms with Crippen LogP contribution in [0, 0.1) is 0 Å². The van der Waals surface area contributed by atoms with Crippen LogP contribution in [-0.2, 0) is 0 Å². The molecule has 0 aliphatic heterocycles. The average molecular weight is 284 g/mol. The topological polar surface area (TPSA) is 15.3 Å². The van der Waals surface area contributed by atoms with Gasteiger partial charge in [-0.3, -0.25) is 4.90 Å². The minimum absolute atomic E-state index is 0.275. The van der Waals surface area contributed by atoms with E-state index in [-0.39, 0.29) is 5.54 Å². The first-order chi connectivity index (χ1) is 5.48. The van der Waals surface area contributed by atoms with Crippen molar-refractivity contribution in [3.05, 3.63) is 0 Å². The van der Waals surface area contributed by atoms with Crippen molar-refractivity contribution in [1.29, 1.82) is 0 Å². The molecule has 0 rings (SSSR count). The van der Waals surface area contributed by atoms with Gasteiger partial charge in [-0.2, -0.15) is 0 Å². The van der Waals surface area contributed by atoms with E-state index < -0.39 is 0 Å². The molecule has 0 saturated heterocycles. The van der Waals surface area contributed by atoms with E-state index in [9.17, 15) is 0 Å². The molecule has 2 nitrogen and oxygen atoms in total. The lowest BCUT2D eigenvalue weighted by molar-refractivity contribution is 0.163. The summed E-state index contributed by atoms with van der Waals surface area (Å²) >= 11 is 2.41. The third-order valence-corrected chi connectivity index (χ3v) is 2.74. The molecule has 3 heteroatoms. The Morgan fingerprint density at radius 3 is 2.33 bits per heavy atom. The molecule has 0 atom stereocenters. The van der Waals surface area contributed by atoms with Crippen LogP contribution in [0.2, 0.25) is 0 Å². The molecule has 1 N–H and O–H groups in total. The lowest BCUT2D eigenvalue weighted by Gasteiger charge is -2.31. The maximum atomic E-state index is 3.41. The number of hydrogen-bond donors (Lipinski definition) is 1. The first-order valence-corrected chi connectivity index (χ1v) is 5.99. The Bertz CT molecular complexity index is 110. The molecule has 0 aromatic carbocycles. The van der Waals surface area contributed by atoms with Gasteiger partial charge in [0.2, 0.25) is 0 Å². The van der Waals surface area contributed by atoms with Gasteiger partial charge >= 0.3 is 0 Å². The second-order valence-electron chi connectivity index (χ2n) is 4.07. The molecule has 0 aliphatic carbocycles. The van der Waals surface area contributed by atoms with Crippen LogP contribution in [0.1, 0.15) is 27.2 Å². The summed E-state index contributed by atoms with van der Waals surface area (Å²) in [6.45, 7) is 8.80. The highest BCUT2D eigenvalue weighted by Gasteiger charge is 2.15. The summed E-state index contributed by atoms with van der Waals surface area (Å²) in [6.07, 6.45) is 1.26. The largest absolute Gasteiger partial charge is 0.304 e. The molecule has 74 valence electrons. The summed E-state index contributed by atoms with van der Waals surface area (Å²) in [5.41, 5.74) is 0.275. The van der Waals surface area contributed by atoms with Crippen LogP contribution in [-0.4, -0.2) is 35.1 Å². The summed E-state index contributed by atoms with van der Waals surface area (Å²) in [5, 5.41) is 3.41. The molecule has 0 amide bonds. The summed E-state index contributed by atoms with van der Waals surface area (Å²) < 4.78 is 1.24. The van der Waals surface area contributed by atoms with E-state index in [1.54, 1.807) is 0 Å². The molecule has 0 saturated carbocycles. The van der Waals surface area contributed by atoms with Gasteiger partial charge in [-0.05, 0) is 40.8 Å². The molecule has 0 spiro atoms. The number of halogens is 1. The normalized spacial score (nSPS) is 12.5. The number of hydrogen-bond acceptors (Lipinski definition) is 2. The van der Waals surface area contributed by atoms with E-state index in [4.69, 9.17) is 0 Å². The van der Waals surface area contributed by atoms with Crippen LogP contribution in [0.25, 0.3) is 0 Å². The predicted octanol–water partition coefficient (Wildman–Crippen LogP) is 2.09. The lowest BCUT2D eigenvalue weighted by Crippen LogP contribution is -2.43. The van der Waals surface area contributed by atoms with E-state index in [0.717, 1.165) is 13.2 Å². The fraction of sp³-hybridized carbons (Fsp3) is 1.00. The summed E-state index contributed by atoms with van der Waals surface area (Å²) in [7, 11) is 2.15. The van der Waals surface area contributed by atoms with Crippen LogP contribution >= 0.6 is 22.6 Å². The van der Waals surface area contributed by atoms with Gasteiger partial charge in [-0.25, -0.2) is 0 Å². The zero-order valence-electron chi connectivity index (χ0n) is 8.65. The van der Waals surface area contributed by atoms with E-state index in [1.165, 1.54) is 10.8 Å². The molecular weight excluding hydrogens is 263 g/mol. The van der Waals surface area contributed by atoms with Crippen LogP contribution in [0.15, 0.2) is 0 Å². The molecule has 0 bridgehead atoms. The first kappa shape index (κ1) is 12.7. The molecule has 0 aromatic rings. The highest BCUT2D eigenvalue weighted by atomic mass is 127. The highest BCUT2D eigenvalue weighted by molar-refractivity contribution is 14.1. The van der Waals surface area contributed by atoms with Crippen LogP contribution in [0.5, 0.6) is 0 Å². The van der Waals surface area contributed by atoms with Gasteiger partial charge in [0.05, 0.1) is 0 Å². The Hall–Kier alpha value is 0.650. The molecule has 0 radical (unpaired) electrons. The van der Waals surface area contributed by atoms with E-state index >= 15 is 0 Å². The van der Waals surface area contributed by atoms with E-state index in [0.29, 0.717) is 0 Å². The Morgan fingerprint density at radius 1 is 1.33 bits per heavy atom. The Balaban J connectivity index is 3.38. The summed E-state index contributed by atoms with van der Waals surface area (Å²) in [5.74, 6) is 0. The maximum Gasteiger partial charge on any atom is 0.0482 e. The fourth-order valence-electron chi connectivity index (χ4n) is 0.676. The Kier molecular flexibility index (Phi) is 6.49. The van der Waals surface area contributed by atoms with Crippen molar-refractivity contribution in [3.8, 4) is 0 Å². The third-order valence-electron chi connectivity index (χ3n) is 1.98. The zero-order chi connectivity index (χ0) is 9.61. The minimum Gasteiger partial charge on any atom is -0.304 e. The standard InChI is InChI=1S/C9H21IN2/c1-9(2,3)12(4)8-11-7-5-6-10/h11H,5-8H2,1-4H3. The van der Waals surface area contributed by atoms with E-state index in [2.05, 4.69) is 60.6 Å². The van der Waals surface area contributed by atoms with Gasteiger partial charge in [-0.15, -0.1) is 0 Å². The minimum atomic E-state index is 0.275. The zero-order valence-corrected chi connectivity index (χ0v) is 10.8. The van der Waals surface area contributed by atoms with Crippen molar-refractivity contribution in [2.45, 2.75) is 32.7 Å². The van der Waals surface area contributed by atoms with Gasteiger partial charge in [0.25, 0.3) is 0 Å². The van der Waals surface area contributed by atoms with Gasteiger partial charge in [-0.1, -0.05) is 22.6 Å². The van der Waals surface area contributed by atoms with Crippen molar-refractivity contribution >= 4 is 22.6 Å². The van der Waals surface area contributed by atoms with Crippen molar-refractivity contribution in [2.75, 3.05) is 24.7 Å². The average Bonchev–Trinajstić information content (AvgIpc) is 1.96. The van der Waals surface area contributed by atoms with Crippen LogP contribution in [0.3, 0.4) is 0 Å². The van der Waals surface area contributed by atoms with Crippen molar-refractivity contribution < 1.29 is 0 Å². The monoisotopic (exact) mass is 284 g/mol. The first-order valence-electron chi connectivity index (χ1n) is 4.46. The fourth-order valence-corrected chi connectivity index (χ4v) is 1.06. The highest BCUT2D eigenvalue weighted by Crippen LogP contribution is 2.08. The molecule has 0 unspecified atom stereocenters. The Morgan fingerprint density at radius 2 is 1.92 bits per heavy atom. The van der Waals surface area contributed by atoms with Gasteiger partial charge in [0.15, 0.2) is 0 Å². The summed E-state index contributed by atoms with van der Waals surface area (Å²) in [6, 6.07) is 0. The molecule has 0 heterocycles.